The molecule has 3 heteroatoms. The van der Waals surface area contributed by atoms with Crippen molar-refractivity contribution < 1.29 is 0 Å². The van der Waals surface area contributed by atoms with Crippen molar-refractivity contribution in [2.24, 2.45) is 5.84 Å². The number of nitrogens with two attached hydrogens (primary N) is 1. The molecule has 1 rings (SSSR count). The number of rotatable bonds is 2. The van der Waals surface area contributed by atoms with E-state index in [9.17, 15) is 0 Å². The summed E-state index contributed by atoms with van der Waals surface area (Å²) in [7, 11) is 0. The van der Waals surface area contributed by atoms with Crippen LogP contribution in [-0.4, -0.2) is 21.3 Å². The number of hydrogen-bond acceptors (Lipinski definition) is 3. The Morgan fingerprint density at radius 1 is 1.20 bits per heavy atom. The Morgan fingerprint density at radius 2 is 1.67 bits per heavy atom. The topological polar surface area (TPSA) is 29.3 Å². The highest BCUT2D eigenvalue weighted by Gasteiger charge is 2.43. The normalized spacial score (nSPS) is 27.3. The predicted octanol–water partition coefficient (Wildman–Crippen LogP) is 3.15. The number of thioether (sulfide) groups is 1. The first-order valence-electron chi connectivity index (χ1n) is 5.61. The lowest BCUT2D eigenvalue weighted by Gasteiger charge is -2.52. The van der Waals surface area contributed by atoms with Gasteiger partial charge >= 0.3 is 0 Å². The van der Waals surface area contributed by atoms with Crippen LogP contribution >= 0.6 is 11.8 Å². The second-order valence-corrected chi connectivity index (χ2v) is 6.84. The molecule has 0 unspecified atom stereocenters. The minimum atomic E-state index is 0.0982. The Labute approximate surface area is 98.3 Å². The van der Waals surface area contributed by atoms with Gasteiger partial charge in [-0.3, -0.25) is 5.84 Å². The number of piperidine rings is 1. The van der Waals surface area contributed by atoms with Crippen LogP contribution in [0.4, 0.5) is 0 Å². The van der Waals surface area contributed by atoms with Gasteiger partial charge in [0.25, 0.3) is 0 Å². The van der Waals surface area contributed by atoms with Crippen LogP contribution in [-0.2, 0) is 0 Å². The van der Waals surface area contributed by atoms with Gasteiger partial charge in [-0.2, -0.15) is 0 Å². The van der Waals surface area contributed by atoms with Crippen molar-refractivity contribution in [1.82, 2.24) is 5.01 Å². The molecule has 0 aromatic heterocycles. The fourth-order valence-corrected chi connectivity index (χ4v) is 3.88. The molecule has 2 N–H and O–H groups in total. The molecule has 0 spiro atoms. The molecule has 1 aliphatic rings. The SMILES string of the molecule is C/C=C/SC1CC(C)(C)N(N)C(C)(C)C1. The molecule has 0 amide bonds. The van der Waals surface area contributed by atoms with Crippen molar-refractivity contribution in [3.63, 3.8) is 0 Å². The quantitative estimate of drug-likeness (QED) is 0.736. The van der Waals surface area contributed by atoms with Gasteiger partial charge in [0.05, 0.1) is 0 Å². The van der Waals surface area contributed by atoms with E-state index in [0.717, 1.165) is 12.8 Å². The molecular formula is C12H24N2S. The third-order valence-corrected chi connectivity index (χ3v) is 4.31. The Hall–Kier alpha value is 0.01000. The Bertz CT molecular complexity index is 228. The molecule has 1 heterocycles. The zero-order chi connectivity index (χ0) is 11.7. The lowest BCUT2D eigenvalue weighted by molar-refractivity contribution is -0.0247. The van der Waals surface area contributed by atoms with Crippen molar-refractivity contribution in [3.8, 4) is 0 Å². The minimum Gasteiger partial charge on any atom is -0.268 e. The third-order valence-electron chi connectivity index (χ3n) is 3.17. The fraction of sp³-hybridized carbons (Fsp3) is 0.833. The molecule has 1 fully saturated rings. The van der Waals surface area contributed by atoms with Crippen LogP contribution < -0.4 is 5.84 Å². The molecule has 0 aliphatic carbocycles. The molecule has 15 heavy (non-hydrogen) atoms. The largest absolute Gasteiger partial charge is 0.268 e. The van der Waals surface area contributed by atoms with Gasteiger partial charge < -0.3 is 0 Å². The first kappa shape index (κ1) is 13.1. The van der Waals surface area contributed by atoms with Crippen molar-refractivity contribution in [1.29, 1.82) is 0 Å². The van der Waals surface area contributed by atoms with Gasteiger partial charge in [-0.05, 0) is 52.9 Å². The zero-order valence-electron chi connectivity index (χ0n) is 10.6. The summed E-state index contributed by atoms with van der Waals surface area (Å²) < 4.78 is 0. The molecule has 88 valence electrons. The summed E-state index contributed by atoms with van der Waals surface area (Å²) in [5.41, 5.74) is 0.196. The highest BCUT2D eigenvalue weighted by molar-refractivity contribution is 8.02. The zero-order valence-corrected chi connectivity index (χ0v) is 11.4. The van der Waals surface area contributed by atoms with Crippen molar-refractivity contribution in [2.45, 2.75) is 63.8 Å². The van der Waals surface area contributed by atoms with Gasteiger partial charge in [0.15, 0.2) is 0 Å². The smallest absolute Gasteiger partial charge is 0.0312 e. The van der Waals surface area contributed by atoms with Crippen molar-refractivity contribution >= 4 is 11.8 Å². The maximum Gasteiger partial charge on any atom is 0.0312 e. The average Bonchev–Trinajstić information content (AvgIpc) is 2.10. The lowest BCUT2D eigenvalue weighted by atomic mass is 9.81. The number of nitrogens with zero attached hydrogens (tertiary/aromatic N) is 1. The van der Waals surface area contributed by atoms with E-state index in [1.807, 2.05) is 16.8 Å². The second kappa shape index (κ2) is 4.48. The first-order chi connectivity index (χ1) is 6.79. The number of hydrazine groups is 1. The van der Waals surface area contributed by atoms with E-state index < -0.39 is 0 Å². The van der Waals surface area contributed by atoms with Crippen LogP contribution in [0, 0.1) is 0 Å². The molecule has 0 bridgehead atoms. The summed E-state index contributed by atoms with van der Waals surface area (Å²) in [5.74, 6) is 6.19. The number of allylic oxidation sites excluding steroid dienone is 1. The van der Waals surface area contributed by atoms with Crippen LogP contribution in [0.15, 0.2) is 11.5 Å². The summed E-state index contributed by atoms with van der Waals surface area (Å²) >= 11 is 1.94. The van der Waals surface area contributed by atoms with Crippen LogP contribution in [0.5, 0.6) is 0 Å². The fourth-order valence-electron chi connectivity index (χ4n) is 2.49. The molecule has 0 saturated carbocycles. The van der Waals surface area contributed by atoms with Gasteiger partial charge in [-0.25, -0.2) is 5.01 Å². The van der Waals surface area contributed by atoms with E-state index in [1.165, 1.54) is 0 Å². The molecular weight excluding hydrogens is 204 g/mol. The Morgan fingerprint density at radius 3 is 2.07 bits per heavy atom. The van der Waals surface area contributed by atoms with Crippen molar-refractivity contribution in [2.75, 3.05) is 0 Å². The van der Waals surface area contributed by atoms with E-state index in [0.29, 0.717) is 5.25 Å². The standard InChI is InChI=1S/C12H24N2S/c1-6-7-15-10-8-11(2,3)14(13)12(4,5)9-10/h6-7,10H,8-9,13H2,1-5H3/b7-6+. The summed E-state index contributed by atoms with van der Waals surface area (Å²) in [6.07, 6.45) is 4.42. The monoisotopic (exact) mass is 228 g/mol. The summed E-state index contributed by atoms with van der Waals surface area (Å²) in [5, 5.41) is 4.92. The van der Waals surface area contributed by atoms with Crippen LogP contribution in [0.25, 0.3) is 0 Å². The molecule has 0 aromatic carbocycles. The van der Waals surface area contributed by atoms with E-state index >= 15 is 0 Å². The van der Waals surface area contributed by atoms with Gasteiger partial charge in [-0.1, -0.05) is 6.08 Å². The average molecular weight is 228 g/mol. The molecule has 2 nitrogen and oxygen atoms in total. The second-order valence-electron chi connectivity index (χ2n) is 5.63. The van der Waals surface area contributed by atoms with Gasteiger partial charge in [0.2, 0.25) is 0 Å². The summed E-state index contributed by atoms with van der Waals surface area (Å²) in [6.45, 7) is 11.0. The van der Waals surface area contributed by atoms with Crippen LogP contribution in [0.1, 0.15) is 47.5 Å². The summed E-state index contributed by atoms with van der Waals surface area (Å²) in [6, 6.07) is 0. The van der Waals surface area contributed by atoms with E-state index in [2.05, 4.69) is 46.1 Å². The maximum absolute atomic E-state index is 6.19. The highest BCUT2D eigenvalue weighted by Crippen LogP contribution is 2.40. The maximum atomic E-state index is 6.19. The third kappa shape index (κ3) is 2.99. The Kier molecular flexibility index (Phi) is 3.90. The Balaban J connectivity index is 2.75. The van der Waals surface area contributed by atoms with Crippen molar-refractivity contribution in [3.05, 3.63) is 11.5 Å². The van der Waals surface area contributed by atoms with E-state index in [1.54, 1.807) is 0 Å². The molecule has 1 aliphatic heterocycles. The predicted molar refractivity (Wildman–Crippen MR) is 69.6 cm³/mol. The van der Waals surface area contributed by atoms with Gasteiger partial charge in [-0.15, -0.1) is 11.8 Å². The van der Waals surface area contributed by atoms with E-state index in [4.69, 9.17) is 5.84 Å². The van der Waals surface area contributed by atoms with Crippen LogP contribution in [0.2, 0.25) is 0 Å². The molecule has 1 saturated heterocycles. The van der Waals surface area contributed by atoms with Gasteiger partial charge in [0, 0.05) is 16.3 Å². The van der Waals surface area contributed by atoms with Crippen LogP contribution in [0.3, 0.4) is 0 Å². The highest BCUT2D eigenvalue weighted by atomic mass is 32.2. The molecule has 0 radical (unpaired) electrons. The molecule has 0 atom stereocenters. The summed E-state index contributed by atoms with van der Waals surface area (Å²) in [4.78, 5) is 0. The first-order valence-corrected chi connectivity index (χ1v) is 6.55. The van der Waals surface area contributed by atoms with E-state index in [-0.39, 0.29) is 11.1 Å². The molecule has 0 aromatic rings. The lowest BCUT2D eigenvalue weighted by Crippen LogP contribution is -2.64. The van der Waals surface area contributed by atoms with Gasteiger partial charge in [0.1, 0.15) is 0 Å². The minimum absolute atomic E-state index is 0.0982. The number of hydrogen-bond donors (Lipinski definition) is 1.